The van der Waals surface area contributed by atoms with Gasteiger partial charge in [-0.25, -0.2) is 9.79 Å². The van der Waals surface area contributed by atoms with E-state index >= 15 is 0 Å². The molecule has 0 bridgehead atoms. The molecule has 42 heavy (non-hydrogen) atoms. The van der Waals surface area contributed by atoms with E-state index in [2.05, 4.69) is 0 Å². The van der Waals surface area contributed by atoms with Crippen LogP contribution < -0.4 is 19.6 Å². The molecule has 0 saturated heterocycles. The highest BCUT2D eigenvalue weighted by Gasteiger charge is 2.35. The molecular weight excluding hydrogens is 565 g/mol. The maximum atomic E-state index is 14.3. The third-order valence-electron chi connectivity index (χ3n) is 7.23. The number of aromatic nitrogens is 1. The Kier molecular flexibility index (Phi) is 7.82. The Labute approximate surface area is 251 Å². The molecule has 0 N–H and O–H groups in total. The Bertz CT molecular complexity index is 2010. The van der Waals surface area contributed by atoms with Gasteiger partial charge in [-0.2, -0.15) is 0 Å². The van der Waals surface area contributed by atoms with Crippen molar-refractivity contribution in [3.05, 3.63) is 133 Å². The fourth-order valence-electron chi connectivity index (χ4n) is 5.28. The molecule has 1 aliphatic rings. The molecule has 0 radical (unpaired) electrons. The zero-order valence-electron chi connectivity index (χ0n) is 23.4. The minimum Gasteiger partial charge on any atom is -0.496 e. The number of hydrogen-bond donors (Lipinski definition) is 0. The SMILES string of the molecule is CCOC(=O)C1=C(c2ccccc2)N=c2s/c(=C/c3c(OC)ccc4ccccc34)c(=O)n2[C@@H]1c1ccc(SC)cc1. The van der Waals surface area contributed by atoms with Crippen molar-refractivity contribution in [3.63, 3.8) is 0 Å². The lowest BCUT2D eigenvalue weighted by Crippen LogP contribution is -2.40. The topological polar surface area (TPSA) is 69.9 Å². The summed E-state index contributed by atoms with van der Waals surface area (Å²) < 4.78 is 13.4. The number of carbonyl (C=O) groups excluding carboxylic acids is 1. The molecule has 0 unspecified atom stereocenters. The quantitative estimate of drug-likeness (QED) is 0.176. The Hall–Kier alpha value is -4.40. The average Bonchev–Trinajstić information content (AvgIpc) is 3.35. The number of ether oxygens (including phenoxy) is 2. The van der Waals surface area contributed by atoms with Crippen LogP contribution in [0.1, 0.15) is 29.7 Å². The van der Waals surface area contributed by atoms with Crippen LogP contribution in [0.25, 0.3) is 22.5 Å². The second-order valence-electron chi connectivity index (χ2n) is 9.61. The van der Waals surface area contributed by atoms with Crippen LogP contribution in [0.15, 0.2) is 111 Å². The first-order valence-electron chi connectivity index (χ1n) is 13.5. The van der Waals surface area contributed by atoms with Crippen molar-refractivity contribution < 1.29 is 14.3 Å². The van der Waals surface area contributed by atoms with Crippen molar-refractivity contribution in [1.29, 1.82) is 0 Å². The average molecular weight is 593 g/mol. The van der Waals surface area contributed by atoms with Crippen molar-refractivity contribution in [2.24, 2.45) is 4.99 Å². The van der Waals surface area contributed by atoms with E-state index in [-0.39, 0.29) is 12.2 Å². The van der Waals surface area contributed by atoms with Crippen LogP contribution in [0.3, 0.4) is 0 Å². The summed E-state index contributed by atoms with van der Waals surface area (Å²) in [7, 11) is 1.62. The number of benzene rings is 4. The van der Waals surface area contributed by atoms with Crippen molar-refractivity contribution in [2.75, 3.05) is 20.0 Å². The molecule has 6 nitrogen and oxygen atoms in total. The lowest BCUT2D eigenvalue weighted by atomic mass is 9.93. The first-order valence-corrected chi connectivity index (χ1v) is 15.6. The largest absolute Gasteiger partial charge is 0.496 e. The summed E-state index contributed by atoms with van der Waals surface area (Å²) in [6.45, 7) is 1.98. The fraction of sp³-hybridized carbons (Fsp3) is 0.147. The van der Waals surface area contributed by atoms with Crippen LogP contribution in [-0.4, -0.2) is 30.5 Å². The number of esters is 1. The van der Waals surface area contributed by atoms with Gasteiger partial charge >= 0.3 is 5.97 Å². The fourth-order valence-corrected chi connectivity index (χ4v) is 6.67. The number of rotatable bonds is 7. The molecule has 8 heteroatoms. The van der Waals surface area contributed by atoms with Crippen molar-refractivity contribution in [2.45, 2.75) is 17.9 Å². The zero-order valence-corrected chi connectivity index (χ0v) is 25.0. The Morgan fingerprint density at radius 3 is 2.45 bits per heavy atom. The molecule has 1 aliphatic heterocycles. The second kappa shape index (κ2) is 11.8. The van der Waals surface area contributed by atoms with Crippen LogP contribution >= 0.6 is 23.1 Å². The van der Waals surface area contributed by atoms with Gasteiger partial charge < -0.3 is 9.47 Å². The highest BCUT2D eigenvalue weighted by atomic mass is 32.2. The van der Waals surface area contributed by atoms with E-state index in [1.54, 1.807) is 30.4 Å². The first-order chi connectivity index (χ1) is 20.5. The molecule has 2 heterocycles. The predicted molar refractivity (Wildman–Crippen MR) is 170 cm³/mol. The number of fused-ring (bicyclic) bond motifs is 2. The van der Waals surface area contributed by atoms with Crippen molar-refractivity contribution >= 4 is 51.6 Å². The molecule has 6 rings (SSSR count). The van der Waals surface area contributed by atoms with E-state index in [9.17, 15) is 9.59 Å². The summed E-state index contributed by atoms with van der Waals surface area (Å²) in [4.78, 5) is 34.5. The third-order valence-corrected chi connectivity index (χ3v) is 8.96. The third kappa shape index (κ3) is 4.97. The van der Waals surface area contributed by atoms with E-state index in [0.717, 1.165) is 32.4 Å². The van der Waals surface area contributed by atoms with E-state index in [1.807, 2.05) is 103 Å². The van der Waals surface area contributed by atoms with Gasteiger partial charge in [-0.1, -0.05) is 84.1 Å². The molecule has 0 saturated carbocycles. The molecule has 0 fully saturated rings. The van der Waals surface area contributed by atoms with E-state index in [4.69, 9.17) is 14.5 Å². The number of methoxy groups -OCH3 is 1. The smallest absolute Gasteiger partial charge is 0.338 e. The van der Waals surface area contributed by atoms with Gasteiger partial charge in [0.25, 0.3) is 5.56 Å². The van der Waals surface area contributed by atoms with E-state index < -0.39 is 12.0 Å². The molecule has 4 aromatic carbocycles. The molecule has 1 aromatic heterocycles. The highest BCUT2D eigenvalue weighted by molar-refractivity contribution is 7.98. The maximum Gasteiger partial charge on any atom is 0.338 e. The molecular formula is C34H28N2O4S2. The Morgan fingerprint density at radius 2 is 1.74 bits per heavy atom. The molecule has 0 aliphatic carbocycles. The predicted octanol–water partition coefficient (Wildman–Crippen LogP) is 5.82. The van der Waals surface area contributed by atoms with Gasteiger partial charge in [-0.05, 0) is 53.8 Å². The summed E-state index contributed by atoms with van der Waals surface area (Å²) >= 11 is 2.93. The van der Waals surface area contributed by atoms with Gasteiger partial charge in [-0.3, -0.25) is 9.36 Å². The normalized spacial score (nSPS) is 14.9. The number of carbonyl (C=O) groups is 1. The molecule has 1 atom stereocenters. The van der Waals surface area contributed by atoms with E-state index in [0.29, 0.717) is 26.4 Å². The standard InChI is InChI=1S/C34H28N2O4S2/c1-4-40-33(38)29-30(22-11-6-5-7-12-22)35-34-36(31(29)23-14-17-24(41-3)18-15-23)32(37)28(42-34)20-26-25-13-9-8-10-21(25)16-19-27(26)39-2/h5-20,31H,4H2,1-3H3/b28-20+/t31-/m1/s1. The first kappa shape index (κ1) is 27.8. The van der Waals surface area contributed by atoms with Gasteiger partial charge in [0.1, 0.15) is 5.75 Å². The molecule has 0 spiro atoms. The lowest BCUT2D eigenvalue weighted by molar-refractivity contribution is -0.138. The van der Waals surface area contributed by atoms with Gasteiger partial charge in [0.2, 0.25) is 0 Å². The summed E-state index contributed by atoms with van der Waals surface area (Å²) in [5, 5.41) is 2.02. The Balaban J connectivity index is 1.67. The molecule has 5 aromatic rings. The van der Waals surface area contributed by atoms with Crippen molar-refractivity contribution in [3.8, 4) is 5.75 Å². The monoisotopic (exact) mass is 592 g/mol. The van der Waals surface area contributed by atoms with Crippen LogP contribution in [0, 0.1) is 0 Å². The lowest BCUT2D eigenvalue weighted by Gasteiger charge is -2.26. The van der Waals surface area contributed by atoms with Crippen molar-refractivity contribution in [1.82, 2.24) is 4.57 Å². The number of thioether (sulfide) groups is 1. The van der Waals surface area contributed by atoms with Crippen LogP contribution in [0.2, 0.25) is 0 Å². The summed E-state index contributed by atoms with van der Waals surface area (Å²) in [6, 6.07) is 28.7. The maximum absolute atomic E-state index is 14.3. The van der Waals surface area contributed by atoms with Gasteiger partial charge in [0.05, 0.1) is 35.6 Å². The van der Waals surface area contributed by atoms with E-state index in [1.165, 1.54) is 11.3 Å². The van der Waals surface area contributed by atoms with Gasteiger partial charge in [-0.15, -0.1) is 11.8 Å². The highest BCUT2D eigenvalue weighted by Crippen LogP contribution is 2.36. The molecule has 210 valence electrons. The van der Waals surface area contributed by atoms with Gasteiger partial charge in [0.15, 0.2) is 4.80 Å². The Morgan fingerprint density at radius 1 is 1.00 bits per heavy atom. The second-order valence-corrected chi connectivity index (χ2v) is 11.5. The number of nitrogens with zero attached hydrogens (tertiary/aromatic N) is 2. The zero-order chi connectivity index (χ0) is 29.2. The minimum absolute atomic E-state index is 0.202. The summed E-state index contributed by atoms with van der Waals surface area (Å²) in [5.41, 5.74) is 3.00. The van der Waals surface area contributed by atoms with Crippen LogP contribution in [-0.2, 0) is 9.53 Å². The minimum atomic E-state index is -0.719. The number of hydrogen-bond acceptors (Lipinski definition) is 7. The summed E-state index contributed by atoms with van der Waals surface area (Å²) in [6.07, 6.45) is 3.88. The summed E-state index contributed by atoms with van der Waals surface area (Å²) in [5.74, 6) is 0.171. The van der Waals surface area contributed by atoms with Gasteiger partial charge in [0, 0.05) is 16.0 Å². The number of thiazole rings is 1. The van der Waals surface area contributed by atoms with Crippen LogP contribution in [0.5, 0.6) is 5.75 Å². The van der Waals surface area contributed by atoms with Crippen LogP contribution in [0.4, 0.5) is 0 Å². The molecule has 0 amide bonds.